The molecule has 0 aromatic heterocycles. The number of carbonyl (C=O) groups is 1. The Morgan fingerprint density at radius 3 is 2.38 bits per heavy atom. The molecular formula is C16H23O5. The van der Waals surface area contributed by atoms with Crippen LogP contribution in [0.5, 0.6) is 5.75 Å². The van der Waals surface area contributed by atoms with E-state index in [0.717, 1.165) is 0 Å². The van der Waals surface area contributed by atoms with Gasteiger partial charge in [0, 0.05) is 13.5 Å². The van der Waals surface area contributed by atoms with Gasteiger partial charge in [-0.25, -0.2) is 4.79 Å². The summed E-state index contributed by atoms with van der Waals surface area (Å²) in [4.78, 5) is 21.2. The van der Waals surface area contributed by atoms with Crippen LogP contribution in [0.15, 0.2) is 24.3 Å². The summed E-state index contributed by atoms with van der Waals surface area (Å²) in [6.07, 6.45) is 0.586. The van der Waals surface area contributed by atoms with E-state index in [-0.39, 0.29) is 11.7 Å². The van der Waals surface area contributed by atoms with Crippen molar-refractivity contribution in [3.05, 3.63) is 36.4 Å². The molecule has 0 atom stereocenters. The van der Waals surface area contributed by atoms with E-state index in [0.29, 0.717) is 17.7 Å². The molecule has 0 saturated heterocycles. The second kappa shape index (κ2) is 8.00. The molecule has 1 aromatic rings. The van der Waals surface area contributed by atoms with Gasteiger partial charge in [-0.2, -0.15) is 4.89 Å². The van der Waals surface area contributed by atoms with Gasteiger partial charge in [0.1, 0.15) is 12.4 Å². The molecule has 1 rings (SSSR count). The van der Waals surface area contributed by atoms with Crippen LogP contribution in [0.3, 0.4) is 0 Å². The van der Waals surface area contributed by atoms with E-state index in [1.54, 1.807) is 31.4 Å². The van der Waals surface area contributed by atoms with Gasteiger partial charge in [0.25, 0.3) is 0 Å². The molecule has 0 N–H and O–H groups in total. The second-order valence-electron chi connectivity index (χ2n) is 5.49. The van der Waals surface area contributed by atoms with E-state index in [1.165, 1.54) is 6.61 Å². The second-order valence-corrected chi connectivity index (χ2v) is 5.49. The van der Waals surface area contributed by atoms with Crippen molar-refractivity contribution >= 4 is 5.97 Å². The first-order valence-corrected chi connectivity index (χ1v) is 6.85. The molecule has 0 bridgehead atoms. The van der Waals surface area contributed by atoms with Crippen molar-refractivity contribution in [2.75, 3.05) is 7.11 Å². The molecule has 0 unspecified atom stereocenters. The smallest absolute Gasteiger partial charge is 0.373 e. The van der Waals surface area contributed by atoms with Gasteiger partial charge in [-0.1, -0.05) is 0 Å². The van der Waals surface area contributed by atoms with E-state index in [9.17, 15) is 4.79 Å². The van der Waals surface area contributed by atoms with Crippen molar-refractivity contribution in [2.45, 2.75) is 45.8 Å². The maximum atomic E-state index is 11.7. The van der Waals surface area contributed by atoms with Gasteiger partial charge in [-0.3, -0.25) is 4.89 Å². The third kappa shape index (κ3) is 6.60. The molecule has 0 spiro atoms. The zero-order valence-corrected chi connectivity index (χ0v) is 13.2. The summed E-state index contributed by atoms with van der Waals surface area (Å²) in [5, 5.41) is 0. The molecule has 21 heavy (non-hydrogen) atoms. The fourth-order valence-corrected chi connectivity index (χ4v) is 1.39. The first-order chi connectivity index (χ1) is 9.84. The third-order valence-corrected chi connectivity index (χ3v) is 2.78. The van der Waals surface area contributed by atoms with Gasteiger partial charge in [0.2, 0.25) is 0 Å². The quantitative estimate of drug-likeness (QED) is 0.417. The van der Waals surface area contributed by atoms with Crippen molar-refractivity contribution < 1.29 is 24.0 Å². The van der Waals surface area contributed by atoms with Crippen molar-refractivity contribution in [3.63, 3.8) is 0 Å². The molecule has 0 fully saturated rings. The topological polar surface area (TPSA) is 54.0 Å². The first-order valence-electron chi connectivity index (χ1n) is 6.85. The minimum Gasteiger partial charge on any atom is -0.491 e. The number of hydrogen-bond donors (Lipinski definition) is 0. The molecule has 1 aromatic carbocycles. The Kier molecular flexibility index (Phi) is 6.65. The van der Waals surface area contributed by atoms with Crippen LogP contribution >= 0.6 is 0 Å². The molecule has 5 heteroatoms. The lowest BCUT2D eigenvalue weighted by molar-refractivity contribution is -0.218. The van der Waals surface area contributed by atoms with Gasteiger partial charge in [0.05, 0.1) is 17.3 Å². The van der Waals surface area contributed by atoms with Crippen LogP contribution in [0.1, 0.15) is 44.5 Å². The van der Waals surface area contributed by atoms with Crippen molar-refractivity contribution in [2.24, 2.45) is 0 Å². The highest BCUT2D eigenvalue weighted by atomic mass is 17.2. The zero-order valence-electron chi connectivity index (χ0n) is 13.2. The standard InChI is InChI=1S/C16H23O5/c1-12(2)20-14-8-6-13(7-9-14)15(17)21-19-11-10-16(3,4)18-5/h6-9,11-12H,10H2,1-5H3. The number of rotatable bonds is 8. The average Bonchev–Trinajstić information content (AvgIpc) is 2.43. The number of ether oxygens (including phenoxy) is 2. The number of carbonyl (C=O) groups excluding carboxylic acids is 1. The van der Waals surface area contributed by atoms with Crippen LogP contribution < -0.4 is 4.74 Å². The van der Waals surface area contributed by atoms with Crippen molar-refractivity contribution in [3.8, 4) is 5.75 Å². The van der Waals surface area contributed by atoms with Crippen molar-refractivity contribution in [1.29, 1.82) is 0 Å². The van der Waals surface area contributed by atoms with Gasteiger partial charge in [-0.15, -0.1) is 0 Å². The predicted molar refractivity (Wildman–Crippen MR) is 78.7 cm³/mol. The lowest BCUT2D eigenvalue weighted by Crippen LogP contribution is -2.22. The number of methoxy groups -OCH3 is 1. The Labute approximate surface area is 126 Å². The minimum absolute atomic E-state index is 0.0878. The molecule has 0 aliphatic rings. The van der Waals surface area contributed by atoms with Crippen LogP contribution in [0, 0.1) is 6.61 Å². The van der Waals surface area contributed by atoms with E-state index in [2.05, 4.69) is 0 Å². The summed E-state index contributed by atoms with van der Waals surface area (Å²) in [5.74, 6) is 0.147. The highest BCUT2D eigenvalue weighted by Crippen LogP contribution is 2.17. The summed E-state index contributed by atoms with van der Waals surface area (Å²) >= 11 is 0. The summed E-state index contributed by atoms with van der Waals surface area (Å²) in [6, 6.07) is 6.69. The molecule has 0 saturated carbocycles. The minimum atomic E-state index is -0.558. The van der Waals surface area contributed by atoms with Crippen LogP contribution in [0.2, 0.25) is 0 Å². The monoisotopic (exact) mass is 295 g/mol. The fraction of sp³-hybridized carbons (Fsp3) is 0.500. The summed E-state index contributed by atoms with van der Waals surface area (Å²) in [7, 11) is 1.61. The lowest BCUT2D eigenvalue weighted by atomic mass is 10.1. The van der Waals surface area contributed by atoms with Gasteiger partial charge in [0.15, 0.2) is 0 Å². The predicted octanol–water partition coefficient (Wildman–Crippen LogP) is 3.54. The molecule has 5 nitrogen and oxygen atoms in total. The number of hydrogen-bond acceptors (Lipinski definition) is 5. The van der Waals surface area contributed by atoms with Gasteiger partial charge < -0.3 is 9.47 Å². The summed E-state index contributed by atoms with van der Waals surface area (Å²) in [6.45, 7) is 9.09. The molecule has 0 amide bonds. The molecule has 0 aliphatic heterocycles. The van der Waals surface area contributed by atoms with Crippen LogP contribution in [0.25, 0.3) is 0 Å². The first kappa shape index (κ1) is 17.5. The molecule has 0 heterocycles. The lowest BCUT2D eigenvalue weighted by Gasteiger charge is -2.21. The molecular weight excluding hydrogens is 272 g/mol. The van der Waals surface area contributed by atoms with E-state index in [4.69, 9.17) is 19.2 Å². The molecule has 1 radical (unpaired) electrons. The maximum Gasteiger partial charge on any atom is 0.373 e. The van der Waals surface area contributed by atoms with Gasteiger partial charge >= 0.3 is 5.97 Å². The molecule has 0 aliphatic carbocycles. The Morgan fingerprint density at radius 1 is 1.24 bits per heavy atom. The molecule has 117 valence electrons. The van der Waals surface area contributed by atoms with Crippen LogP contribution in [0.4, 0.5) is 0 Å². The Morgan fingerprint density at radius 2 is 1.86 bits per heavy atom. The summed E-state index contributed by atoms with van der Waals surface area (Å²) in [5.41, 5.74) is 0.0351. The van der Waals surface area contributed by atoms with Crippen LogP contribution in [-0.4, -0.2) is 24.8 Å². The number of benzene rings is 1. The normalized spacial score (nSPS) is 11.5. The highest BCUT2D eigenvalue weighted by molar-refractivity contribution is 5.89. The SMILES string of the molecule is COC(C)(C)C[CH]OOC(=O)c1ccc(OC(C)C)cc1. The van der Waals surface area contributed by atoms with Gasteiger partial charge in [-0.05, 0) is 52.0 Å². The fourth-order valence-electron chi connectivity index (χ4n) is 1.39. The Bertz CT molecular complexity index is 436. The largest absolute Gasteiger partial charge is 0.491 e. The Hall–Kier alpha value is -1.59. The highest BCUT2D eigenvalue weighted by Gasteiger charge is 2.17. The van der Waals surface area contributed by atoms with E-state index in [1.807, 2.05) is 27.7 Å². The average molecular weight is 295 g/mol. The summed E-state index contributed by atoms with van der Waals surface area (Å²) < 4.78 is 10.7. The third-order valence-electron chi connectivity index (χ3n) is 2.78. The zero-order chi connectivity index (χ0) is 15.9. The maximum absolute atomic E-state index is 11.7. The van der Waals surface area contributed by atoms with E-state index >= 15 is 0 Å². The van der Waals surface area contributed by atoms with E-state index < -0.39 is 5.97 Å². The Balaban J connectivity index is 2.38. The van der Waals surface area contributed by atoms with Crippen molar-refractivity contribution in [1.82, 2.24) is 0 Å². The van der Waals surface area contributed by atoms with Crippen LogP contribution in [-0.2, 0) is 14.5 Å².